The van der Waals surface area contributed by atoms with Crippen molar-refractivity contribution < 1.29 is 9.59 Å². The minimum atomic E-state index is -0.527. The minimum Gasteiger partial charge on any atom is -0.361 e. The summed E-state index contributed by atoms with van der Waals surface area (Å²) in [5.41, 5.74) is 4.62. The molecule has 1 aromatic carbocycles. The lowest BCUT2D eigenvalue weighted by atomic mass is 9.97. The van der Waals surface area contributed by atoms with Gasteiger partial charge in [0, 0.05) is 23.5 Å². The maximum Gasteiger partial charge on any atom is 0.243 e. The monoisotopic (exact) mass is 367 g/mol. The second-order valence-electron chi connectivity index (χ2n) is 8.14. The van der Waals surface area contributed by atoms with Gasteiger partial charge in [0.05, 0.1) is 0 Å². The van der Waals surface area contributed by atoms with E-state index in [1.807, 2.05) is 20.0 Å². The zero-order valence-electron chi connectivity index (χ0n) is 16.6. The topological polar surface area (TPSA) is 74.0 Å². The molecular weight excluding hydrogens is 338 g/mol. The van der Waals surface area contributed by atoms with Crippen LogP contribution in [0, 0.1) is 5.92 Å². The third-order valence-electron chi connectivity index (χ3n) is 4.97. The van der Waals surface area contributed by atoms with Crippen LogP contribution in [0.5, 0.6) is 0 Å². The summed E-state index contributed by atoms with van der Waals surface area (Å²) >= 11 is 0. The van der Waals surface area contributed by atoms with E-state index >= 15 is 0 Å². The Labute approximate surface area is 160 Å². The third kappa shape index (κ3) is 4.59. The van der Waals surface area contributed by atoms with Crippen molar-refractivity contribution in [2.75, 3.05) is 0 Å². The second-order valence-corrected chi connectivity index (χ2v) is 8.14. The summed E-state index contributed by atoms with van der Waals surface area (Å²) in [4.78, 5) is 28.1. The Morgan fingerprint density at radius 3 is 2.52 bits per heavy atom. The molecule has 1 aliphatic heterocycles. The molecule has 3 N–H and O–H groups in total. The predicted molar refractivity (Wildman–Crippen MR) is 108 cm³/mol. The van der Waals surface area contributed by atoms with Crippen LogP contribution < -0.4 is 10.6 Å². The molecule has 3 rings (SSSR count). The van der Waals surface area contributed by atoms with Gasteiger partial charge in [-0.05, 0) is 55.9 Å². The highest BCUT2D eigenvalue weighted by Crippen LogP contribution is 2.23. The fourth-order valence-electron chi connectivity index (χ4n) is 3.52. The van der Waals surface area contributed by atoms with Gasteiger partial charge in [-0.3, -0.25) is 9.59 Å². The van der Waals surface area contributed by atoms with Gasteiger partial charge in [0.1, 0.15) is 12.1 Å². The third-order valence-corrected chi connectivity index (χ3v) is 4.97. The maximum atomic E-state index is 12.5. The Morgan fingerprint density at radius 2 is 1.81 bits per heavy atom. The van der Waals surface area contributed by atoms with Crippen molar-refractivity contribution in [2.45, 2.75) is 59.0 Å². The molecule has 2 heterocycles. The number of piperazine rings is 1. The molecule has 0 aliphatic carbocycles. The average molecular weight is 367 g/mol. The van der Waals surface area contributed by atoms with E-state index in [-0.39, 0.29) is 11.8 Å². The lowest BCUT2D eigenvalue weighted by Gasteiger charge is -2.30. The molecule has 27 heavy (non-hydrogen) atoms. The van der Waals surface area contributed by atoms with Gasteiger partial charge in [0.25, 0.3) is 0 Å². The lowest BCUT2D eigenvalue weighted by Crippen LogP contribution is -2.62. The normalized spacial score (nSPS) is 19.9. The minimum absolute atomic E-state index is 0.0858. The first-order valence-corrected chi connectivity index (χ1v) is 9.66. The summed E-state index contributed by atoms with van der Waals surface area (Å²) in [6.45, 7) is 8.28. The highest BCUT2D eigenvalue weighted by molar-refractivity contribution is 5.97. The van der Waals surface area contributed by atoms with Gasteiger partial charge in [-0.1, -0.05) is 31.6 Å². The van der Waals surface area contributed by atoms with Crippen LogP contribution in [0.4, 0.5) is 0 Å². The van der Waals surface area contributed by atoms with Crippen LogP contribution in [0.3, 0.4) is 0 Å². The van der Waals surface area contributed by atoms with Gasteiger partial charge in [0.15, 0.2) is 0 Å². The predicted octanol–water partition coefficient (Wildman–Crippen LogP) is 3.25. The van der Waals surface area contributed by atoms with Gasteiger partial charge in [0.2, 0.25) is 11.8 Å². The molecular formula is C22H29N3O2. The molecule has 1 aromatic heterocycles. The molecule has 1 fully saturated rings. The number of aromatic nitrogens is 1. The molecule has 5 heteroatoms. The fraction of sp³-hybridized carbons (Fsp3) is 0.455. The van der Waals surface area contributed by atoms with Crippen LogP contribution in [-0.4, -0.2) is 28.9 Å². The van der Waals surface area contributed by atoms with Gasteiger partial charge in [-0.15, -0.1) is 0 Å². The average Bonchev–Trinajstić information content (AvgIpc) is 2.99. The van der Waals surface area contributed by atoms with E-state index in [9.17, 15) is 9.59 Å². The number of fused-ring (bicyclic) bond motifs is 1. The van der Waals surface area contributed by atoms with E-state index in [1.165, 1.54) is 11.1 Å². The zero-order chi connectivity index (χ0) is 19.6. The van der Waals surface area contributed by atoms with E-state index in [4.69, 9.17) is 0 Å². The number of carbonyl (C=O) groups excluding carboxylic acids is 2. The molecule has 0 bridgehead atoms. The van der Waals surface area contributed by atoms with E-state index in [1.54, 1.807) is 0 Å². The second kappa shape index (κ2) is 7.99. The summed E-state index contributed by atoms with van der Waals surface area (Å²) in [5, 5.41) is 6.90. The van der Waals surface area contributed by atoms with Crippen molar-refractivity contribution in [3.63, 3.8) is 0 Å². The van der Waals surface area contributed by atoms with Crippen LogP contribution >= 0.6 is 0 Å². The van der Waals surface area contributed by atoms with Crippen LogP contribution in [-0.2, 0) is 22.4 Å². The lowest BCUT2D eigenvalue weighted by molar-refractivity contribution is -0.137. The molecule has 1 saturated heterocycles. The maximum absolute atomic E-state index is 12.5. The Morgan fingerprint density at radius 1 is 1.11 bits per heavy atom. The molecule has 0 radical (unpaired) electrons. The Bertz CT molecular complexity index is 875. The van der Waals surface area contributed by atoms with Crippen LogP contribution in [0.15, 0.2) is 36.0 Å². The summed E-state index contributed by atoms with van der Waals surface area (Å²) < 4.78 is 0. The SMILES string of the molecule is CC(C)=CCc1ccc2[nH]cc(CC3NC(=O)C(CC(C)C)NC3=O)c2c1. The highest BCUT2D eigenvalue weighted by Gasteiger charge is 2.34. The number of allylic oxidation sites excluding steroid dienone is 2. The molecule has 0 spiro atoms. The highest BCUT2D eigenvalue weighted by atomic mass is 16.2. The van der Waals surface area contributed by atoms with E-state index < -0.39 is 12.1 Å². The number of nitrogens with one attached hydrogen (secondary N) is 3. The zero-order valence-corrected chi connectivity index (χ0v) is 16.6. The number of amides is 2. The van der Waals surface area contributed by atoms with Gasteiger partial charge in [-0.25, -0.2) is 0 Å². The van der Waals surface area contributed by atoms with E-state index in [0.29, 0.717) is 18.8 Å². The molecule has 2 unspecified atom stereocenters. The molecule has 0 saturated carbocycles. The number of benzene rings is 1. The molecule has 144 valence electrons. The summed E-state index contributed by atoms with van der Waals surface area (Å²) in [6, 6.07) is 5.41. The summed E-state index contributed by atoms with van der Waals surface area (Å²) in [5.74, 6) is 0.165. The van der Waals surface area contributed by atoms with Crippen molar-refractivity contribution in [2.24, 2.45) is 5.92 Å². The van der Waals surface area contributed by atoms with Gasteiger partial charge >= 0.3 is 0 Å². The van der Waals surface area contributed by atoms with Crippen molar-refractivity contribution in [1.29, 1.82) is 0 Å². The Balaban J connectivity index is 1.76. The number of H-pyrrole nitrogens is 1. The first-order chi connectivity index (χ1) is 12.8. The number of aromatic amines is 1. The smallest absolute Gasteiger partial charge is 0.243 e. The van der Waals surface area contributed by atoms with Crippen molar-refractivity contribution in [3.05, 3.63) is 47.2 Å². The molecule has 2 aromatic rings. The van der Waals surface area contributed by atoms with Crippen LogP contribution in [0.2, 0.25) is 0 Å². The van der Waals surface area contributed by atoms with Crippen LogP contribution in [0.25, 0.3) is 10.9 Å². The number of hydrogen-bond acceptors (Lipinski definition) is 2. The molecule has 2 atom stereocenters. The number of hydrogen-bond donors (Lipinski definition) is 3. The van der Waals surface area contributed by atoms with Crippen molar-refractivity contribution in [1.82, 2.24) is 15.6 Å². The fourth-order valence-corrected chi connectivity index (χ4v) is 3.52. The standard InChI is InChI=1S/C22H29N3O2/c1-13(2)5-6-15-7-8-18-17(10-15)16(12-23-18)11-20-22(27)24-19(9-14(3)4)21(26)25-20/h5,7-8,10,12,14,19-20,23H,6,9,11H2,1-4H3,(H,24,27)(H,25,26). The van der Waals surface area contributed by atoms with Gasteiger partial charge in [-0.2, -0.15) is 0 Å². The quantitative estimate of drug-likeness (QED) is 0.686. The number of carbonyl (C=O) groups is 2. The van der Waals surface area contributed by atoms with E-state index in [2.05, 4.69) is 53.7 Å². The Kier molecular flexibility index (Phi) is 5.68. The van der Waals surface area contributed by atoms with Crippen molar-refractivity contribution >= 4 is 22.7 Å². The first kappa shape index (κ1) is 19.2. The van der Waals surface area contributed by atoms with E-state index in [0.717, 1.165) is 22.9 Å². The summed E-state index contributed by atoms with van der Waals surface area (Å²) in [7, 11) is 0. The molecule has 5 nitrogen and oxygen atoms in total. The van der Waals surface area contributed by atoms with Gasteiger partial charge < -0.3 is 15.6 Å². The molecule has 1 aliphatic rings. The summed E-state index contributed by atoms with van der Waals surface area (Å²) in [6.07, 6.45) is 6.18. The first-order valence-electron chi connectivity index (χ1n) is 9.66. The van der Waals surface area contributed by atoms with Crippen molar-refractivity contribution in [3.8, 4) is 0 Å². The Hall–Kier alpha value is -2.56. The molecule has 2 amide bonds. The number of rotatable bonds is 6. The largest absolute Gasteiger partial charge is 0.361 e. The van der Waals surface area contributed by atoms with Crippen LogP contribution in [0.1, 0.15) is 45.2 Å².